The number of fused-ring (bicyclic) bond motifs is 1. The smallest absolute Gasteiger partial charge is 0.0538 e. The maximum Gasteiger partial charge on any atom is 0.0538 e. The lowest BCUT2D eigenvalue weighted by Gasteiger charge is -2.20. The van der Waals surface area contributed by atoms with Crippen molar-refractivity contribution in [1.29, 1.82) is 0 Å². The Hall–Kier alpha value is -0.670. The van der Waals surface area contributed by atoms with Gasteiger partial charge in [-0.15, -0.1) is 0 Å². The maximum atomic E-state index is 11.6. The van der Waals surface area contributed by atoms with Gasteiger partial charge in [0.1, 0.15) is 0 Å². The number of hydrogen-bond acceptors (Lipinski definition) is 2. The van der Waals surface area contributed by atoms with Gasteiger partial charge in [-0.1, -0.05) is 24.3 Å². The second-order valence-corrected chi connectivity index (χ2v) is 5.76. The molecule has 1 aliphatic carbocycles. The second kappa shape index (κ2) is 4.45. The molecule has 0 fully saturated rings. The van der Waals surface area contributed by atoms with Gasteiger partial charge in [-0.25, -0.2) is 0 Å². The van der Waals surface area contributed by atoms with Crippen LogP contribution in [0.2, 0.25) is 0 Å². The molecule has 0 saturated carbocycles. The van der Waals surface area contributed by atoms with E-state index in [1.807, 2.05) is 6.07 Å². The Morgan fingerprint density at radius 1 is 1.40 bits per heavy atom. The molecule has 0 bridgehead atoms. The number of nitrogens with two attached hydrogens (primary N) is 1. The monoisotopic (exact) mass is 223 g/mol. The van der Waals surface area contributed by atoms with Crippen molar-refractivity contribution in [3.8, 4) is 0 Å². The fraction of sp³-hybridized carbons (Fsp3) is 0.500. The number of aryl methyl sites for hydroxylation is 1. The van der Waals surface area contributed by atoms with Crippen LogP contribution in [0, 0.1) is 0 Å². The van der Waals surface area contributed by atoms with Gasteiger partial charge in [-0.05, 0) is 30.4 Å². The first kappa shape index (κ1) is 10.8. The number of rotatable bonds is 1. The number of benzene rings is 1. The van der Waals surface area contributed by atoms with Crippen LogP contribution in [0.25, 0.3) is 0 Å². The van der Waals surface area contributed by atoms with Crippen LogP contribution in [0.1, 0.15) is 30.0 Å². The van der Waals surface area contributed by atoms with Gasteiger partial charge < -0.3 is 5.73 Å². The van der Waals surface area contributed by atoms with Crippen LogP contribution in [-0.2, 0) is 17.2 Å². The first-order chi connectivity index (χ1) is 7.20. The molecule has 0 amide bonds. The molecule has 3 atom stereocenters. The van der Waals surface area contributed by atoms with Crippen molar-refractivity contribution in [2.75, 3.05) is 6.26 Å². The van der Waals surface area contributed by atoms with Gasteiger partial charge in [-0.3, -0.25) is 4.21 Å². The molecule has 1 aliphatic rings. The van der Waals surface area contributed by atoms with E-state index in [1.165, 1.54) is 11.1 Å². The Morgan fingerprint density at radius 2 is 2.13 bits per heavy atom. The normalized spacial score (nSPS) is 27.9. The lowest BCUT2D eigenvalue weighted by molar-refractivity contribution is 0.600. The van der Waals surface area contributed by atoms with Crippen molar-refractivity contribution in [1.82, 2.24) is 0 Å². The van der Waals surface area contributed by atoms with Crippen molar-refractivity contribution in [2.24, 2.45) is 5.73 Å². The summed E-state index contributed by atoms with van der Waals surface area (Å²) in [6, 6.07) is 8.21. The Kier molecular flexibility index (Phi) is 3.22. The average molecular weight is 223 g/mol. The van der Waals surface area contributed by atoms with E-state index in [2.05, 4.69) is 18.2 Å². The van der Waals surface area contributed by atoms with Gasteiger partial charge in [0.25, 0.3) is 0 Å². The van der Waals surface area contributed by atoms with Crippen LogP contribution in [0.5, 0.6) is 0 Å². The third-order valence-corrected chi connectivity index (χ3v) is 4.56. The van der Waals surface area contributed by atoms with E-state index >= 15 is 0 Å². The Balaban J connectivity index is 2.38. The molecule has 1 aromatic rings. The standard InChI is InChI=1S/C12H17NOS/c1-15(14)11-8-4-6-9-5-2-3-7-10(9)12(11)13/h2-3,5,7,11-12H,4,6,8,13H2,1H3. The van der Waals surface area contributed by atoms with Crippen LogP contribution in [-0.4, -0.2) is 15.7 Å². The van der Waals surface area contributed by atoms with Crippen molar-refractivity contribution >= 4 is 10.8 Å². The summed E-state index contributed by atoms with van der Waals surface area (Å²) in [4.78, 5) is 0. The largest absolute Gasteiger partial charge is 0.323 e. The zero-order valence-electron chi connectivity index (χ0n) is 8.98. The second-order valence-electron chi connectivity index (χ2n) is 4.15. The predicted octanol–water partition coefficient (Wildman–Crippen LogP) is 1.77. The highest BCUT2D eigenvalue weighted by atomic mass is 32.2. The molecular formula is C12H17NOS. The van der Waals surface area contributed by atoms with Crippen LogP contribution in [0.15, 0.2) is 24.3 Å². The summed E-state index contributed by atoms with van der Waals surface area (Å²) in [5.41, 5.74) is 8.72. The third-order valence-electron chi connectivity index (χ3n) is 3.18. The minimum atomic E-state index is -0.825. The SMILES string of the molecule is CS(=O)C1CCCc2ccccc2C1N. The first-order valence-electron chi connectivity index (χ1n) is 5.36. The van der Waals surface area contributed by atoms with Gasteiger partial charge in [0, 0.05) is 23.1 Å². The van der Waals surface area contributed by atoms with Gasteiger partial charge in [0.05, 0.1) is 5.25 Å². The molecular weight excluding hydrogens is 206 g/mol. The highest BCUT2D eigenvalue weighted by Gasteiger charge is 2.26. The van der Waals surface area contributed by atoms with E-state index in [1.54, 1.807) is 6.26 Å². The molecule has 0 saturated heterocycles. The van der Waals surface area contributed by atoms with Crippen LogP contribution in [0.4, 0.5) is 0 Å². The average Bonchev–Trinajstić information content (AvgIpc) is 2.39. The first-order valence-corrected chi connectivity index (χ1v) is 6.98. The summed E-state index contributed by atoms with van der Waals surface area (Å²) >= 11 is 0. The Bertz CT molecular complexity index is 378. The van der Waals surface area contributed by atoms with Gasteiger partial charge >= 0.3 is 0 Å². The molecule has 0 aliphatic heterocycles. The molecule has 15 heavy (non-hydrogen) atoms. The van der Waals surface area contributed by atoms with Crippen LogP contribution < -0.4 is 5.73 Å². The zero-order valence-corrected chi connectivity index (χ0v) is 9.80. The molecule has 3 heteroatoms. The van der Waals surface area contributed by atoms with E-state index in [-0.39, 0.29) is 11.3 Å². The lowest BCUT2D eigenvalue weighted by Crippen LogP contribution is -2.29. The van der Waals surface area contributed by atoms with E-state index in [0.717, 1.165) is 19.3 Å². The van der Waals surface area contributed by atoms with Crippen LogP contribution >= 0.6 is 0 Å². The molecule has 0 aromatic heterocycles. The molecule has 0 spiro atoms. The minimum Gasteiger partial charge on any atom is -0.323 e. The van der Waals surface area contributed by atoms with Crippen molar-refractivity contribution < 1.29 is 4.21 Å². The fourth-order valence-electron chi connectivity index (χ4n) is 2.33. The minimum absolute atomic E-state index is 0.0606. The van der Waals surface area contributed by atoms with E-state index in [4.69, 9.17) is 5.73 Å². The molecule has 1 aromatic carbocycles. The van der Waals surface area contributed by atoms with E-state index in [0.29, 0.717) is 0 Å². The summed E-state index contributed by atoms with van der Waals surface area (Å²) in [7, 11) is -0.825. The van der Waals surface area contributed by atoms with Crippen molar-refractivity contribution in [2.45, 2.75) is 30.6 Å². The van der Waals surface area contributed by atoms with Gasteiger partial charge in [0.15, 0.2) is 0 Å². The third kappa shape index (κ3) is 2.13. The molecule has 2 nitrogen and oxygen atoms in total. The summed E-state index contributed by atoms with van der Waals surface area (Å²) < 4.78 is 11.6. The Labute approximate surface area is 93.3 Å². The summed E-state index contributed by atoms with van der Waals surface area (Å²) in [6.45, 7) is 0. The summed E-state index contributed by atoms with van der Waals surface area (Å²) in [6.07, 6.45) is 4.89. The van der Waals surface area contributed by atoms with E-state index in [9.17, 15) is 4.21 Å². The van der Waals surface area contributed by atoms with Crippen LogP contribution in [0.3, 0.4) is 0 Å². The quantitative estimate of drug-likeness (QED) is 0.737. The molecule has 2 N–H and O–H groups in total. The topological polar surface area (TPSA) is 43.1 Å². The van der Waals surface area contributed by atoms with Gasteiger partial charge in [-0.2, -0.15) is 0 Å². The molecule has 3 unspecified atom stereocenters. The van der Waals surface area contributed by atoms with E-state index < -0.39 is 10.8 Å². The highest BCUT2D eigenvalue weighted by molar-refractivity contribution is 7.84. The Morgan fingerprint density at radius 3 is 2.87 bits per heavy atom. The lowest BCUT2D eigenvalue weighted by atomic mass is 10.00. The fourth-order valence-corrected chi connectivity index (χ4v) is 3.39. The predicted molar refractivity (Wildman–Crippen MR) is 64.2 cm³/mol. The van der Waals surface area contributed by atoms with Gasteiger partial charge in [0.2, 0.25) is 0 Å². The molecule has 2 rings (SSSR count). The molecule has 82 valence electrons. The maximum absolute atomic E-state index is 11.6. The highest BCUT2D eigenvalue weighted by Crippen LogP contribution is 2.29. The molecule has 0 heterocycles. The zero-order chi connectivity index (χ0) is 10.8. The van der Waals surface area contributed by atoms with Crippen molar-refractivity contribution in [3.63, 3.8) is 0 Å². The number of hydrogen-bond donors (Lipinski definition) is 1. The summed E-state index contributed by atoms with van der Waals surface area (Å²) in [5.74, 6) is 0. The molecule has 0 radical (unpaired) electrons. The summed E-state index contributed by atoms with van der Waals surface area (Å²) in [5, 5.41) is 0.119. The van der Waals surface area contributed by atoms with Crippen molar-refractivity contribution in [3.05, 3.63) is 35.4 Å².